The van der Waals surface area contributed by atoms with Gasteiger partial charge in [0.05, 0.1) is 10.9 Å². The Bertz CT molecular complexity index is 603. The fourth-order valence-electron chi connectivity index (χ4n) is 2.06. The minimum Gasteiger partial charge on any atom is -0.296 e. The van der Waals surface area contributed by atoms with E-state index in [4.69, 9.17) is 11.6 Å². The molecule has 0 unspecified atom stereocenters. The van der Waals surface area contributed by atoms with Crippen LogP contribution in [0, 0.1) is 0 Å². The summed E-state index contributed by atoms with van der Waals surface area (Å²) in [7, 11) is 0. The zero-order chi connectivity index (χ0) is 10.4. The Morgan fingerprint density at radius 3 is 3.13 bits per heavy atom. The molecular formula is C11H9ClN2O. The van der Waals surface area contributed by atoms with Crippen molar-refractivity contribution in [2.45, 2.75) is 19.4 Å². The quantitative estimate of drug-likeness (QED) is 0.681. The molecule has 0 bridgehead atoms. The van der Waals surface area contributed by atoms with Gasteiger partial charge in [-0.1, -0.05) is 11.6 Å². The standard InChI is InChI=1S/C11H9ClN2O/c12-7-3-4-9-8(6-7)11(15)14-5-1-2-10(14)13-9/h3-4,6H,1-2,5H2. The molecule has 0 aliphatic carbocycles. The Balaban J connectivity index is 2.47. The van der Waals surface area contributed by atoms with Crippen LogP contribution in [0.5, 0.6) is 0 Å². The Morgan fingerprint density at radius 2 is 2.27 bits per heavy atom. The van der Waals surface area contributed by atoms with Crippen molar-refractivity contribution in [2.24, 2.45) is 0 Å². The zero-order valence-electron chi connectivity index (χ0n) is 8.03. The third-order valence-electron chi connectivity index (χ3n) is 2.78. The molecule has 0 N–H and O–H groups in total. The predicted octanol–water partition coefficient (Wildman–Crippen LogP) is 2.00. The smallest absolute Gasteiger partial charge is 0.261 e. The molecule has 15 heavy (non-hydrogen) atoms. The summed E-state index contributed by atoms with van der Waals surface area (Å²) in [6.45, 7) is 0.781. The van der Waals surface area contributed by atoms with Crippen molar-refractivity contribution >= 4 is 22.5 Å². The van der Waals surface area contributed by atoms with Gasteiger partial charge < -0.3 is 0 Å². The lowest BCUT2D eigenvalue weighted by Crippen LogP contribution is -2.20. The van der Waals surface area contributed by atoms with Crippen LogP contribution in [0.25, 0.3) is 10.9 Å². The highest BCUT2D eigenvalue weighted by atomic mass is 35.5. The van der Waals surface area contributed by atoms with Gasteiger partial charge in [-0.05, 0) is 24.6 Å². The molecule has 1 aromatic carbocycles. The molecule has 1 aliphatic heterocycles. The molecule has 2 heterocycles. The maximum absolute atomic E-state index is 12.0. The highest BCUT2D eigenvalue weighted by Gasteiger charge is 2.15. The number of fused-ring (bicyclic) bond motifs is 2. The number of aryl methyl sites for hydroxylation is 1. The topological polar surface area (TPSA) is 34.9 Å². The number of nitrogens with zero attached hydrogens (tertiary/aromatic N) is 2. The number of benzene rings is 1. The maximum atomic E-state index is 12.0. The average Bonchev–Trinajstić information content (AvgIpc) is 2.68. The largest absolute Gasteiger partial charge is 0.296 e. The van der Waals surface area contributed by atoms with E-state index in [2.05, 4.69) is 4.98 Å². The van der Waals surface area contributed by atoms with Crippen molar-refractivity contribution < 1.29 is 0 Å². The number of aromatic nitrogens is 2. The van der Waals surface area contributed by atoms with Gasteiger partial charge in [0.25, 0.3) is 5.56 Å². The summed E-state index contributed by atoms with van der Waals surface area (Å²) < 4.78 is 1.75. The fourth-order valence-corrected chi connectivity index (χ4v) is 2.23. The van der Waals surface area contributed by atoms with E-state index in [9.17, 15) is 4.79 Å². The van der Waals surface area contributed by atoms with Gasteiger partial charge >= 0.3 is 0 Å². The molecule has 0 radical (unpaired) electrons. The molecule has 0 amide bonds. The molecule has 0 atom stereocenters. The SMILES string of the molecule is O=c1c2cc(Cl)ccc2nc2n1CCC2. The summed E-state index contributed by atoms with van der Waals surface area (Å²) in [4.78, 5) is 16.5. The number of hydrogen-bond acceptors (Lipinski definition) is 2. The Hall–Kier alpha value is -1.35. The Kier molecular flexibility index (Phi) is 1.83. The van der Waals surface area contributed by atoms with Crippen molar-refractivity contribution in [1.29, 1.82) is 0 Å². The van der Waals surface area contributed by atoms with Gasteiger partial charge in [-0.15, -0.1) is 0 Å². The van der Waals surface area contributed by atoms with E-state index in [1.807, 2.05) is 0 Å². The molecule has 4 heteroatoms. The van der Waals surface area contributed by atoms with Crippen LogP contribution >= 0.6 is 11.6 Å². The molecule has 3 nitrogen and oxygen atoms in total. The normalized spacial score (nSPS) is 14.5. The highest BCUT2D eigenvalue weighted by molar-refractivity contribution is 6.31. The number of rotatable bonds is 0. The van der Waals surface area contributed by atoms with Crippen molar-refractivity contribution in [1.82, 2.24) is 9.55 Å². The van der Waals surface area contributed by atoms with E-state index in [1.165, 1.54) is 0 Å². The molecule has 76 valence electrons. The van der Waals surface area contributed by atoms with Crippen LogP contribution in [0.2, 0.25) is 5.02 Å². The molecule has 0 spiro atoms. The monoisotopic (exact) mass is 220 g/mol. The van der Waals surface area contributed by atoms with E-state index in [1.54, 1.807) is 22.8 Å². The van der Waals surface area contributed by atoms with Crippen molar-refractivity contribution in [2.75, 3.05) is 0 Å². The van der Waals surface area contributed by atoms with Crippen LogP contribution in [-0.2, 0) is 13.0 Å². The average molecular weight is 221 g/mol. The van der Waals surface area contributed by atoms with Crippen LogP contribution in [0.3, 0.4) is 0 Å². The molecule has 2 aromatic rings. The first kappa shape index (κ1) is 8.92. The molecule has 3 rings (SSSR count). The third-order valence-corrected chi connectivity index (χ3v) is 3.01. The van der Waals surface area contributed by atoms with Gasteiger partial charge in [-0.3, -0.25) is 9.36 Å². The van der Waals surface area contributed by atoms with E-state index in [0.717, 1.165) is 30.7 Å². The fraction of sp³-hybridized carbons (Fsp3) is 0.273. The summed E-state index contributed by atoms with van der Waals surface area (Å²) in [5.41, 5.74) is 0.785. The minimum atomic E-state index is 0.0370. The first-order valence-electron chi connectivity index (χ1n) is 4.95. The Morgan fingerprint density at radius 1 is 1.40 bits per heavy atom. The van der Waals surface area contributed by atoms with Crippen LogP contribution in [0.4, 0.5) is 0 Å². The second kappa shape index (κ2) is 3.07. The van der Waals surface area contributed by atoms with Gasteiger partial charge in [-0.25, -0.2) is 4.98 Å². The van der Waals surface area contributed by atoms with Crippen LogP contribution in [-0.4, -0.2) is 9.55 Å². The van der Waals surface area contributed by atoms with Crippen LogP contribution in [0.1, 0.15) is 12.2 Å². The van der Waals surface area contributed by atoms with Gasteiger partial charge in [0.1, 0.15) is 5.82 Å². The second-order valence-electron chi connectivity index (χ2n) is 3.75. The third kappa shape index (κ3) is 1.27. The number of hydrogen-bond donors (Lipinski definition) is 0. The second-order valence-corrected chi connectivity index (χ2v) is 4.19. The van der Waals surface area contributed by atoms with Crippen molar-refractivity contribution in [3.05, 3.63) is 39.4 Å². The highest BCUT2D eigenvalue weighted by Crippen LogP contribution is 2.17. The van der Waals surface area contributed by atoms with Gasteiger partial charge in [0.15, 0.2) is 0 Å². The zero-order valence-corrected chi connectivity index (χ0v) is 8.79. The van der Waals surface area contributed by atoms with Crippen LogP contribution < -0.4 is 5.56 Å². The lowest BCUT2D eigenvalue weighted by molar-refractivity contribution is 0.719. The lowest BCUT2D eigenvalue weighted by atomic mass is 10.2. The first-order chi connectivity index (χ1) is 7.25. The van der Waals surface area contributed by atoms with Crippen molar-refractivity contribution in [3.8, 4) is 0 Å². The summed E-state index contributed by atoms with van der Waals surface area (Å²) in [6.07, 6.45) is 1.90. The summed E-state index contributed by atoms with van der Waals surface area (Å²) in [5, 5.41) is 1.20. The molecule has 0 saturated carbocycles. The summed E-state index contributed by atoms with van der Waals surface area (Å²) in [6, 6.07) is 5.26. The first-order valence-corrected chi connectivity index (χ1v) is 5.32. The molecule has 0 saturated heterocycles. The van der Waals surface area contributed by atoms with E-state index in [0.29, 0.717) is 10.4 Å². The Labute approximate surface area is 91.3 Å². The van der Waals surface area contributed by atoms with Gasteiger partial charge in [0.2, 0.25) is 0 Å². The number of halogens is 1. The molecular weight excluding hydrogens is 212 g/mol. The van der Waals surface area contributed by atoms with Gasteiger partial charge in [0, 0.05) is 18.0 Å². The molecule has 1 aromatic heterocycles. The molecule has 1 aliphatic rings. The predicted molar refractivity (Wildman–Crippen MR) is 59.3 cm³/mol. The van der Waals surface area contributed by atoms with Crippen LogP contribution in [0.15, 0.2) is 23.0 Å². The maximum Gasteiger partial charge on any atom is 0.261 e. The summed E-state index contributed by atoms with van der Waals surface area (Å²) in [5.74, 6) is 0.898. The minimum absolute atomic E-state index is 0.0370. The van der Waals surface area contributed by atoms with E-state index >= 15 is 0 Å². The summed E-state index contributed by atoms with van der Waals surface area (Å²) >= 11 is 5.87. The van der Waals surface area contributed by atoms with E-state index in [-0.39, 0.29) is 5.56 Å². The van der Waals surface area contributed by atoms with Crippen molar-refractivity contribution in [3.63, 3.8) is 0 Å². The lowest BCUT2D eigenvalue weighted by Gasteiger charge is -2.04. The van der Waals surface area contributed by atoms with E-state index < -0.39 is 0 Å². The van der Waals surface area contributed by atoms with Gasteiger partial charge in [-0.2, -0.15) is 0 Å². The molecule has 0 fully saturated rings.